The molecule has 4 nitrogen and oxygen atoms in total. The van der Waals surface area contributed by atoms with Crippen LogP contribution in [0.15, 0.2) is 0 Å². The average Bonchev–Trinajstić information content (AvgIpc) is 2.02. The van der Waals surface area contributed by atoms with Gasteiger partial charge in [0.25, 0.3) is 0 Å². The third-order valence-corrected chi connectivity index (χ3v) is 3.23. The van der Waals surface area contributed by atoms with Crippen molar-refractivity contribution in [2.75, 3.05) is 32.9 Å². The van der Waals surface area contributed by atoms with Crippen molar-refractivity contribution < 1.29 is 17.5 Å². The van der Waals surface area contributed by atoms with E-state index in [1.165, 1.54) is 43.4 Å². The van der Waals surface area contributed by atoms with E-state index >= 15 is 0 Å². The van der Waals surface area contributed by atoms with Crippen molar-refractivity contribution in [3.63, 3.8) is 0 Å². The van der Waals surface area contributed by atoms with Crippen LogP contribution in [0.25, 0.3) is 0 Å². The Labute approximate surface area is 86.3 Å². The van der Waals surface area contributed by atoms with E-state index in [0.29, 0.717) is 6.26 Å². The standard InChI is InChI=1S/C8H16N.CH4O3S/c1-9-5-2-8(3-6-9)4-7-9;1-5(2,3)4/h8H,2-7H2,1H3;1H3,(H,2,3,4)/q+1;/p-1. The highest BCUT2D eigenvalue weighted by molar-refractivity contribution is 7.84. The highest BCUT2D eigenvalue weighted by atomic mass is 32.2. The van der Waals surface area contributed by atoms with Gasteiger partial charge in [-0.25, -0.2) is 8.42 Å². The van der Waals surface area contributed by atoms with Crippen molar-refractivity contribution in [3.05, 3.63) is 0 Å². The molecule has 0 saturated carbocycles. The molecule has 0 N–H and O–H groups in total. The Morgan fingerprint density at radius 1 is 1.14 bits per heavy atom. The van der Waals surface area contributed by atoms with Gasteiger partial charge in [-0.3, -0.25) is 0 Å². The van der Waals surface area contributed by atoms with Gasteiger partial charge in [-0.15, -0.1) is 0 Å². The molecule has 0 amide bonds. The molecule has 0 atom stereocenters. The predicted octanol–water partition coefficient (Wildman–Crippen LogP) is 0.408. The summed E-state index contributed by atoms with van der Waals surface area (Å²) in [7, 11) is -1.50. The predicted molar refractivity (Wildman–Crippen MR) is 53.7 cm³/mol. The minimum atomic E-state index is -3.92. The normalized spacial score (nSPS) is 36.1. The van der Waals surface area contributed by atoms with Gasteiger partial charge in [0.05, 0.1) is 36.8 Å². The van der Waals surface area contributed by atoms with Gasteiger partial charge >= 0.3 is 0 Å². The molecular weight excluding hydrogens is 202 g/mol. The third-order valence-electron chi connectivity index (χ3n) is 3.23. The zero-order valence-electron chi connectivity index (χ0n) is 8.90. The summed E-state index contributed by atoms with van der Waals surface area (Å²) >= 11 is 0. The molecule has 0 spiro atoms. The van der Waals surface area contributed by atoms with Crippen LogP contribution in [0.3, 0.4) is 0 Å². The lowest BCUT2D eigenvalue weighted by molar-refractivity contribution is -0.924. The number of fused-ring (bicyclic) bond motifs is 3. The molecule has 0 aromatic carbocycles. The average molecular weight is 221 g/mol. The van der Waals surface area contributed by atoms with Gasteiger partial charge in [-0.2, -0.15) is 0 Å². The molecular formula is C9H19NO3S. The summed E-state index contributed by atoms with van der Waals surface area (Å²) in [4.78, 5) is 0. The Bertz CT molecular complexity index is 257. The molecule has 0 unspecified atom stereocenters. The summed E-state index contributed by atoms with van der Waals surface area (Å²) in [5, 5.41) is 0. The molecule has 0 aliphatic carbocycles. The smallest absolute Gasteiger partial charge is 0.0916 e. The van der Waals surface area contributed by atoms with Crippen molar-refractivity contribution in [3.8, 4) is 0 Å². The van der Waals surface area contributed by atoms with Gasteiger partial charge in [0.15, 0.2) is 0 Å². The van der Waals surface area contributed by atoms with Gasteiger partial charge in [0, 0.05) is 6.26 Å². The first-order valence-electron chi connectivity index (χ1n) is 5.03. The molecule has 2 bridgehead atoms. The quantitative estimate of drug-likeness (QED) is 0.440. The lowest BCUT2D eigenvalue weighted by Crippen LogP contribution is -2.55. The maximum absolute atomic E-state index is 9.08. The van der Waals surface area contributed by atoms with Crippen LogP contribution in [-0.4, -0.2) is 50.4 Å². The minimum Gasteiger partial charge on any atom is -0.748 e. The summed E-state index contributed by atoms with van der Waals surface area (Å²) in [6.07, 6.45) is 5.14. The fourth-order valence-electron chi connectivity index (χ4n) is 2.25. The van der Waals surface area contributed by atoms with Crippen LogP contribution in [0.1, 0.15) is 19.3 Å². The number of hydrogen-bond donors (Lipinski definition) is 0. The van der Waals surface area contributed by atoms with Crippen LogP contribution in [0.5, 0.6) is 0 Å². The molecule has 3 rings (SSSR count). The Morgan fingerprint density at radius 2 is 1.43 bits per heavy atom. The Morgan fingerprint density at radius 3 is 1.57 bits per heavy atom. The van der Waals surface area contributed by atoms with Crippen LogP contribution in [0.4, 0.5) is 0 Å². The molecule has 0 aromatic heterocycles. The molecule has 3 aliphatic heterocycles. The molecule has 3 aliphatic rings. The molecule has 5 heteroatoms. The first-order chi connectivity index (χ1) is 6.29. The van der Waals surface area contributed by atoms with E-state index in [1.807, 2.05) is 0 Å². The van der Waals surface area contributed by atoms with Crippen LogP contribution >= 0.6 is 0 Å². The molecule has 0 aromatic rings. The Hall–Kier alpha value is -0.130. The zero-order chi connectivity index (χ0) is 10.8. The van der Waals surface area contributed by atoms with Gasteiger partial charge in [-0.05, 0) is 25.2 Å². The van der Waals surface area contributed by atoms with Crippen LogP contribution in [0.2, 0.25) is 0 Å². The molecule has 3 heterocycles. The molecule has 14 heavy (non-hydrogen) atoms. The van der Waals surface area contributed by atoms with E-state index in [-0.39, 0.29) is 0 Å². The second-order valence-corrected chi connectivity index (χ2v) is 6.13. The number of piperidine rings is 3. The number of rotatable bonds is 0. The lowest BCUT2D eigenvalue weighted by Gasteiger charge is -2.46. The lowest BCUT2D eigenvalue weighted by atomic mass is 9.86. The van der Waals surface area contributed by atoms with Gasteiger partial charge in [0.1, 0.15) is 0 Å². The zero-order valence-corrected chi connectivity index (χ0v) is 9.72. The number of quaternary nitrogens is 1. The molecule has 3 saturated heterocycles. The summed E-state index contributed by atoms with van der Waals surface area (Å²) < 4.78 is 28.6. The van der Waals surface area contributed by atoms with Gasteiger partial charge in [0.2, 0.25) is 0 Å². The summed E-state index contributed by atoms with van der Waals surface area (Å²) in [5.41, 5.74) is 0. The monoisotopic (exact) mass is 221 g/mol. The molecule has 84 valence electrons. The maximum atomic E-state index is 9.08. The molecule has 3 fully saturated rings. The van der Waals surface area contributed by atoms with E-state index in [2.05, 4.69) is 7.05 Å². The third kappa shape index (κ3) is 4.39. The summed E-state index contributed by atoms with van der Waals surface area (Å²) in [6.45, 7) is 4.39. The summed E-state index contributed by atoms with van der Waals surface area (Å²) in [6, 6.07) is 0. The fourth-order valence-corrected chi connectivity index (χ4v) is 2.25. The Balaban J connectivity index is 0.000000171. The van der Waals surface area contributed by atoms with Crippen molar-refractivity contribution in [1.29, 1.82) is 0 Å². The van der Waals surface area contributed by atoms with E-state index in [9.17, 15) is 0 Å². The highest BCUT2D eigenvalue weighted by Gasteiger charge is 2.35. The van der Waals surface area contributed by atoms with E-state index in [0.717, 1.165) is 5.92 Å². The first-order valence-corrected chi connectivity index (χ1v) is 6.85. The molecule has 0 radical (unpaired) electrons. The van der Waals surface area contributed by atoms with Gasteiger partial charge in [-0.1, -0.05) is 0 Å². The second-order valence-electron chi connectivity index (χ2n) is 4.73. The topological polar surface area (TPSA) is 57.2 Å². The SMILES string of the molecule is CS(=O)(=O)[O-].C[N+]12CCC(CC1)CC2. The van der Waals surface area contributed by atoms with E-state index in [1.54, 1.807) is 0 Å². The number of hydrogen-bond acceptors (Lipinski definition) is 3. The van der Waals surface area contributed by atoms with Crippen molar-refractivity contribution in [2.45, 2.75) is 19.3 Å². The van der Waals surface area contributed by atoms with Crippen LogP contribution < -0.4 is 0 Å². The Kier molecular flexibility index (Phi) is 3.55. The van der Waals surface area contributed by atoms with Gasteiger partial charge < -0.3 is 9.04 Å². The fraction of sp³-hybridized carbons (Fsp3) is 1.00. The first kappa shape index (κ1) is 11.9. The second kappa shape index (κ2) is 4.16. The summed E-state index contributed by atoms with van der Waals surface area (Å²) in [5.74, 6) is 1.12. The van der Waals surface area contributed by atoms with Crippen molar-refractivity contribution in [1.82, 2.24) is 0 Å². The van der Waals surface area contributed by atoms with E-state index < -0.39 is 10.1 Å². The highest BCUT2D eigenvalue weighted by Crippen LogP contribution is 2.31. The van der Waals surface area contributed by atoms with Crippen molar-refractivity contribution >= 4 is 10.1 Å². The maximum Gasteiger partial charge on any atom is 0.0916 e. The van der Waals surface area contributed by atoms with Crippen LogP contribution in [0, 0.1) is 5.92 Å². The largest absolute Gasteiger partial charge is 0.748 e. The van der Waals surface area contributed by atoms with Crippen molar-refractivity contribution in [2.24, 2.45) is 5.92 Å². The van der Waals surface area contributed by atoms with Crippen LogP contribution in [-0.2, 0) is 10.1 Å². The van der Waals surface area contributed by atoms with E-state index in [4.69, 9.17) is 13.0 Å². The number of nitrogens with zero attached hydrogens (tertiary/aromatic N) is 1. The minimum absolute atomic E-state index is 0.604.